The molecule has 1 rings (SSSR count). The van der Waals surface area contributed by atoms with Gasteiger partial charge in [0, 0.05) is 0 Å². The highest BCUT2D eigenvalue weighted by molar-refractivity contribution is 5.83. The number of hydrogen-bond acceptors (Lipinski definition) is 4. The largest absolute Gasteiger partial charge is 0.464 e. The van der Waals surface area contributed by atoms with E-state index in [4.69, 9.17) is 4.74 Å². The minimum atomic E-state index is -3.85. The second kappa shape index (κ2) is 6.60. The van der Waals surface area contributed by atoms with Crippen molar-refractivity contribution in [1.29, 1.82) is 0 Å². The summed E-state index contributed by atoms with van der Waals surface area (Å²) in [5, 5.41) is 0. The van der Waals surface area contributed by atoms with Gasteiger partial charge in [0.05, 0.1) is 12.5 Å². The quantitative estimate of drug-likeness (QED) is 0.612. The van der Waals surface area contributed by atoms with E-state index in [2.05, 4.69) is 18.6 Å². The van der Waals surface area contributed by atoms with Gasteiger partial charge in [0.25, 0.3) is 0 Å². The topological polar surface area (TPSA) is 52.6 Å². The Morgan fingerprint density at radius 2 is 1.71 bits per heavy atom. The summed E-state index contributed by atoms with van der Waals surface area (Å²) >= 11 is 0. The van der Waals surface area contributed by atoms with Gasteiger partial charge < -0.3 is 9.47 Å². The van der Waals surface area contributed by atoms with E-state index in [0.29, 0.717) is 12.8 Å². The van der Waals surface area contributed by atoms with Crippen molar-refractivity contribution in [3.05, 3.63) is 0 Å². The van der Waals surface area contributed by atoms with E-state index in [1.54, 1.807) is 0 Å². The normalized spacial score (nSPS) is 24.2. The molecule has 0 aliphatic heterocycles. The average molecular weight is 348 g/mol. The van der Waals surface area contributed by atoms with Crippen molar-refractivity contribution in [1.82, 2.24) is 0 Å². The minimum Gasteiger partial charge on any atom is -0.464 e. The van der Waals surface area contributed by atoms with Gasteiger partial charge in [-0.3, -0.25) is 4.79 Å². The molecule has 0 amide bonds. The molecule has 4 nitrogen and oxygen atoms in total. The van der Waals surface area contributed by atoms with Crippen molar-refractivity contribution < 1.29 is 27.8 Å². The first kappa shape index (κ1) is 20.8. The lowest BCUT2D eigenvalue weighted by Gasteiger charge is -2.32. The van der Waals surface area contributed by atoms with Gasteiger partial charge in [0.2, 0.25) is 0 Å². The summed E-state index contributed by atoms with van der Waals surface area (Å²) in [5.74, 6) is -6.16. The summed E-state index contributed by atoms with van der Waals surface area (Å²) in [6.45, 7) is 11.5. The molecule has 140 valence electrons. The minimum absolute atomic E-state index is 0.0978. The Balaban J connectivity index is 3.00. The maximum atomic E-state index is 14.1. The molecular formula is C18H30F2O4. The number of esters is 2. The number of ether oxygens (including phenoxy) is 2. The summed E-state index contributed by atoms with van der Waals surface area (Å²) < 4.78 is 37.5. The van der Waals surface area contributed by atoms with Crippen LogP contribution < -0.4 is 0 Å². The van der Waals surface area contributed by atoms with Crippen LogP contribution in [0.3, 0.4) is 0 Å². The Morgan fingerprint density at radius 3 is 2.04 bits per heavy atom. The Kier molecular flexibility index (Phi) is 5.73. The molecule has 1 saturated carbocycles. The SMILES string of the molecule is CCC(OC(=O)C1(CC(C)(C)CC)CC1(C)C)C(F)(F)C(=O)OC. The first-order valence-corrected chi connectivity index (χ1v) is 8.47. The number of methoxy groups -OCH3 is 1. The van der Waals surface area contributed by atoms with E-state index in [-0.39, 0.29) is 17.3 Å². The zero-order valence-corrected chi connectivity index (χ0v) is 15.8. The van der Waals surface area contributed by atoms with Crippen molar-refractivity contribution >= 4 is 11.9 Å². The van der Waals surface area contributed by atoms with Gasteiger partial charge in [-0.15, -0.1) is 0 Å². The van der Waals surface area contributed by atoms with Gasteiger partial charge in [-0.05, 0) is 30.1 Å². The molecule has 2 atom stereocenters. The monoisotopic (exact) mass is 348 g/mol. The lowest BCUT2D eigenvalue weighted by atomic mass is 9.76. The molecule has 0 heterocycles. The standard InChI is InChI=1S/C18H30F2O4/c1-8-12(18(19,20)14(22)23-7)24-13(21)17(11-16(17,5)6)10-15(3,4)9-2/h12H,8-11H2,1-7H3. The molecule has 24 heavy (non-hydrogen) atoms. The third-order valence-electron chi connectivity index (χ3n) is 5.52. The molecule has 2 unspecified atom stereocenters. The van der Waals surface area contributed by atoms with Crippen LogP contribution in [-0.4, -0.2) is 31.1 Å². The van der Waals surface area contributed by atoms with Gasteiger partial charge in [0.1, 0.15) is 0 Å². The van der Waals surface area contributed by atoms with Gasteiger partial charge in [0.15, 0.2) is 6.10 Å². The predicted molar refractivity (Wildman–Crippen MR) is 86.7 cm³/mol. The van der Waals surface area contributed by atoms with Crippen LogP contribution in [0.2, 0.25) is 0 Å². The molecule has 0 radical (unpaired) electrons. The Labute approximate surface area is 143 Å². The van der Waals surface area contributed by atoms with E-state index in [0.717, 1.165) is 13.5 Å². The van der Waals surface area contributed by atoms with Crippen LogP contribution in [0, 0.1) is 16.2 Å². The van der Waals surface area contributed by atoms with Crippen molar-refractivity contribution in [2.75, 3.05) is 7.11 Å². The maximum Gasteiger partial charge on any atom is 0.380 e. The Hall–Kier alpha value is -1.20. The molecule has 1 aliphatic rings. The van der Waals surface area contributed by atoms with E-state index < -0.39 is 29.4 Å². The highest BCUT2D eigenvalue weighted by atomic mass is 19.3. The first-order valence-electron chi connectivity index (χ1n) is 8.47. The fraction of sp³-hybridized carbons (Fsp3) is 0.889. The molecule has 0 aromatic carbocycles. The Morgan fingerprint density at radius 1 is 1.21 bits per heavy atom. The van der Waals surface area contributed by atoms with Crippen LogP contribution in [-0.2, 0) is 19.1 Å². The number of alkyl halides is 2. The van der Waals surface area contributed by atoms with Crippen LogP contribution in [0.1, 0.15) is 67.2 Å². The van der Waals surface area contributed by atoms with E-state index >= 15 is 0 Å². The molecule has 0 saturated heterocycles. The number of rotatable bonds is 8. The second-order valence-electron chi connectivity index (χ2n) is 8.25. The van der Waals surface area contributed by atoms with Crippen LogP contribution in [0.5, 0.6) is 0 Å². The molecule has 1 aliphatic carbocycles. The summed E-state index contributed by atoms with van der Waals surface area (Å²) in [6, 6.07) is 0. The van der Waals surface area contributed by atoms with E-state index in [9.17, 15) is 18.4 Å². The average Bonchev–Trinajstić information content (AvgIpc) is 3.04. The predicted octanol–water partition coefficient (Wildman–Crippen LogP) is 4.36. The number of carbonyl (C=O) groups excluding carboxylic acids is 2. The third-order valence-corrected chi connectivity index (χ3v) is 5.52. The zero-order chi connectivity index (χ0) is 19.0. The second-order valence-corrected chi connectivity index (χ2v) is 8.25. The molecule has 0 aromatic rings. The molecule has 1 fully saturated rings. The molecule has 0 spiro atoms. The first-order chi connectivity index (χ1) is 10.8. The summed E-state index contributed by atoms with van der Waals surface area (Å²) in [7, 11) is 0.889. The van der Waals surface area contributed by atoms with Gasteiger partial charge >= 0.3 is 17.9 Å². The number of halogens is 2. The van der Waals surface area contributed by atoms with E-state index in [1.807, 2.05) is 20.8 Å². The van der Waals surface area contributed by atoms with Gasteiger partial charge in [-0.2, -0.15) is 8.78 Å². The molecule has 0 bridgehead atoms. The third kappa shape index (κ3) is 3.72. The zero-order valence-electron chi connectivity index (χ0n) is 15.8. The maximum absolute atomic E-state index is 14.1. The van der Waals surface area contributed by atoms with Gasteiger partial charge in [-0.25, -0.2) is 4.79 Å². The number of hydrogen-bond donors (Lipinski definition) is 0. The summed E-state index contributed by atoms with van der Waals surface area (Å²) in [6.07, 6.45) is 0.0655. The lowest BCUT2D eigenvalue weighted by Crippen LogP contribution is -2.46. The van der Waals surface area contributed by atoms with Crippen molar-refractivity contribution in [3.63, 3.8) is 0 Å². The molecule has 0 aromatic heterocycles. The highest BCUT2D eigenvalue weighted by Gasteiger charge is 2.69. The highest BCUT2D eigenvalue weighted by Crippen LogP contribution is 2.68. The molecule has 6 heteroatoms. The van der Waals surface area contributed by atoms with Crippen molar-refractivity contribution in [2.45, 2.75) is 79.3 Å². The van der Waals surface area contributed by atoms with Crippen LogP contribution in [0.15, 0.2) is 0 Å². The number of carbonyl (C=O) groups is 2. The van der Waals surface area contributed by atoms with Crippen molar-refractivity contribution in [3.8, 4) is 0 Å². The molecular weight excluding hydrogens is 318 g/mol. The fourth-order valence-corrected chi connectivity index (χ4v) is 3.30. The van der Waals surface area contributed by atoms with Crippen LogP contribution in [0.4, 0.5) is 8.78 Å². The smallest absolute Gasteiger partial charge is 0.380 e. The summed E-state index contributed by atoms with van der Waals surface area (Å²) in [5.41, 5.74) is -1.17. The fourth-order valence-electron chi connectivity index (χ4n) is 3.30. The molecule has 0 N–H and O–H groups in total. The van der Waals surface area contributed by atoms with Crippen LogP contribution >= 0.6 is 0 Å². The summed E-state index contributed by atoms with van der Waals surface area (Å²) in [4.78, 5) is 24.1. The van der Waals surface area contributed by atoms with E-state index in [1.165, 1.54) is 6.92 Å². The van der Waals surface area contributed by atoms with Gasteiger partial charge in [-0.1, -0.05) is 48.0 Å². The Bertz CT molecular complexity index is 499. The van der Waals surface area contributed by atoms with Crippen molar-refractivity contribution in [2.24, 2.45) is 16.2 Å². The lowest BCUT2D eigenvalue weighted by molar-refractivity contribution is -0.200. The van der Waals surface area contributed by atoms with Crippen LogP contribution in [0.25, 0.3) is 0 Å².